The van der Waals surface area contributed by atoms with Gasteiger partial charge in [0, 0.05) is 29.3 Å². The molecule has 108 valence electrons. The molecule has 0 aliphatic carbocycles. The highest BCUT2D eigenvalue weighted by Gasteiger charge is 2.17. The number of carbonyl (C=O) groups excluding carboxylic acids is 1. The predicted molar refractivity (Wildman–Crippen MR) is 88.5 cm³/mol. The van der Waals surface area contributed by atoms with Crippen molar-refractivity contribution in [3.05, 3.63) is 70.7 Å². The predicted octanol–water partition coefficient (Wildman–Crippen LogP) is 4.67. The molecule has 1 atom stereocenters. The number of ketones is 1. The first-order chi connectivity index (χ1) is 10.2. The summed E-state index contributed by atoms with van der Waals surface area (Å²) in [5, 5.41) is 0.640. The van der Waals surface area contributed by atoms with E-state index in [-0.39, 0.29) is 11.7 Å². The van der Waals surface area contributed by atoms with Crippen LogP contribution in [0.5, 0.6) is 0 Å². The Labute approximate surface area is 130 Å². The maximum Gasteiger partial charge on any atom is 0.167 e. The van der Waals surface area contributed by atoms with Crippen LogP contribution in [0.2, 0.25) is 5.02 Å². The van der Waals surface area contributed by atoms with E-state index in [1.807, 2.05) is 43.5 Å². The van der Waals surface area contributed by atoms with Crippen molar-refractivity contribution >= 4 is 23.6 Å². The van der Waals surface area contributed by atoms with E-state index >= 15 is 0 Å². The highest BCUT2D eigenvalue weighted by molar-refractivity contribution is 6.30. The second-order valence-electron chi connectivity index (χ2n) is 4.88. The van der Waals surface area contributed by atoms with Crippen molar-refractivity contribution < 1.29 is 4.79 Å². The Balaban J connectivity index is 2.01. The first kappa shape index (κ1) is 15.5. The standard InChI is InChI=1S/C18H18ClNO/c1-2-15(13-20-12-14-6-4-3-5-7-14)18(21)16-8-10-17(19)11-9-16/h3-12,15H,2,13H2,1H3. The van der Waals surface area contributed by atoms with Crippen LogP contribution in [0.1, 0.15) is 29.3 Å². The smallest absolute Gasteiger partial charge is 0.167 e. The van der Waals surface area contributed by atoms with Crippen LogP contribution >= 0.6 is 11.6 Å². The molecule has 0 heterocycles. The summed E-state index contributed by atoms with van der Waals surface area (Å²) in [5.74, 6) is 0.0329. The molecule has 0 bridgehead atoms. The fourth-order valence-corrected chi connectivity index (χ4v) is 2.20. The molecule has 0 N–H and O–H groups in total. The molecule has 1 unspecified atom stereocenters. The van der Waals surface area contributed by atoms with Crippen molar-refractivity contribution in [2.24, 2.45) is 10.9 Å². The molecule has 0 aliphatic rings. The second kappa shape index (κ2) is 7.75. The number of rotatable bonds is 6. The molecule has 2 nitrogen and oxygen atoms in total. The van der Waals surface area contributed by atoms with Crippen molar-refractivity contribution in [3.8, 4) is 0 Å². The van der Waals surface area contributed by atoms with Crippen LogP contribution < -0.4 is 0 Å². The Morgan fingerprint density at radius 2 is 1.81 bits per heavy atom. The van der Waals surface area contributed by atoms with Crippen LogP contribution in [0.4, 0.5) is 0 Å². The molecule has 2 aromatic rings. The van der Waals surface area contributed by atoms with Gasteiger partial charge in [0.1, 0.15) is 0 Å². The third-order valence-electron chi connectivity index (χ3n) is 3.36. The quantitative estimate of drug-likeness (QED) is 0.563. The van der Waals surface area contributed by atoms with Gasteiger partial charge in [-0.3, -0.25) is 9.79 Å². The van der Waals surface area contributed by atoms with Crippen molar-refractivity contribution in [2.45, 2.75) is 13.3 Å². The van der Waals surface area contributed by atoms with E-state index in [1.54, 1.807) is 24.3 Å². The van der Waals surface area contributed by atoms with E-state index in [9.17, 15) is 4.79 Å². The molecule has 0 aliphatic heterocycles. The summed E-state index contributed by atoms with van der Waals surface area (Å²) in [6, 6.07) is 16.9. The van der Waals surface area contributed by atoms with Gasteiger partial charge < -0.3 is 0 Å². The molecule has 0 spiro atoms. The summed E-state index contributed by atoms with van der Waals surface area (Å²) in [6.07, 6.45) is 2.59. The first-order valence-electron chi connectivity index (χ1n) is 7.05. The summed E-state index contributed by atoms with van der Waals surface area (Å²) in [4.78, 5) is 16.8. The average Bonchev–Trinajstić information content (AvgIpc) is 2.53. The van der Waals surface area contributed by atoms with Gasteiger partial charge in [-0.25, -0.2) is 0 Å². The van der Waals surface area contributed by atoms with Crippen LogP contribution in [0.15, 0.2) is 59.6 Å². The van der Waals surface area contributed by atoms with Gasteiger partial charge in [-0.2, -0.15) is 0 Å². The molecular formula is C18H18ClNO. The number of hydrogen-bond donors (Lipinski definition) is 0. The molecular weight excluding hydrogens is 282 g/mol. The zero-order chi connectivity index (χ0) is 15.1. The molecule has 0 fully saturated rings. The summed E-state index contributed by atoms with van der Waals surface area (Å²) in [6.45, 7) is 2.52. The van der Waals surface area contributed by atoms with Crippen molar-refractivity contribution in [1.82, 2.24) is 0 Å². The molecule has 0 saturated carbocycles. The van der Waals surface area contributed by atoms with Gasteiger partial charge in [-0.05, 0) is 36.2 Å². The summed E-state index contributed by atoms with van der Waals surface area (Å²) in [5.41, 5.74) is 1.74. The molecule has 0 radical (unpaired) electrons. The van der Waals surface area contributed by atoms with E-state index in [1.165, 1.54) is 0 Å². The average molecular weight is 300 g/mol. The number of Topliss-reactive ketones (excluding diaryl/α,β-unsaturated/α-hetero) is 1. The Kier molecular flexibility index (Phi) is 5.70. The van der Waals surface area contributed by atoms with Crippen molar-refractivity contribution in [2.75, 3.05) is 6.54 Å². The van der Waals surface area contributed by atoms with Gasteiger partial charge in [0.2, 0.25) is 0 Å². The number of carbonyl (C=O) groups is 1. The summed E-state index contributed by atoms with van der Waals surface area (Å²) >= 11 is 5.85. The topological polar surface area (TPSA) is 29.4 Å². The normalized spacial score (nSPS) is 12.5. The van der Waals surface area contributed by atoms with Gasteiger partial charge in [0.05, 0.1) is 0 Å². The van der Waals surface area contributed by atoms with Crippen LogP contribution in [0, 0.1) is 5.92 Å². The zero-order valence-electron chi connectivity index (χ0n) is 12.0. The molecule has 0 aromatic heterocycles. The second-order valence-corrected chi connectivity index (χ2v) is 5.32. The first-order valence-corrected chi connectivity index (χ1v) is 7.43. The molecule has 0 saturated heterocycles. The van der Waals surface area contributed by atoms with Crippen LogP contribution in [-0.4, -0.2) is 18.5 Å². The molecule has 3 heteroatoms. The maximum atomic E-state index is 12.4. The molecule has 21 heavy (non-hydrogen) atoms. The largest absolute Gasteiger partial charge is 0.294 e. The number of halogens is 1. The Bertz CT molecular complexity index is 605. The number of nitrogens with zero attached hydrogens (tertiary/aromatic N) is 1. The van der Waals surface area contributed by atoms with Crippen molar-refractivity contribution in [1.29, 1.82) is 0 Å². The fourth-order valence-electron chi connectivity index (χ4n) is 2.07. The minimum Gasteiger partial charge on any atom is -0.294 e. The molecule has 0 amide bonds. The summed E-state index contributed by atoms with van der Waals surface area (Å²) in [7, 11) is 0. The van der Waals surface area contributed by atoms with Crippen LogP contribution in [-0.2, 0) is 0 Å². The lowest BCUT2D eigenvalue weighted by Gasteiger charge is -2.11. The monoisotopic (exact) mass is 299 g/mol. The Morgan fingerprint density at radius 3 is 2.43 bits per heavy atom. The SMILES string of the molecule is CCC(CN=Cc1ccccc1)C(=O)c1ccc(Cl)cc1. The van der Waals surface area contributed by atoms with Gasteiger partial charge in [-0.15, -0.1) is 0 Å². The van der Waals surface area contributed by atoms with Gasteiger partial charge in [0.25, 0.3) is 0 Å². The van der Waals surface area contributed by atoms with E-state index in [0.29, 0.717) is 17.1 Å². The number of aliphatic imine (C=N–C) groups is 1. The van der Waals surface area contributed by atoms with Crippen molar-refractivity contribution in [3.63, 3.8) is 0 Å². The lowest BCUT2D eigenvalue weighted by Crippen LogP contribution is -2.17. The zero-order valence-corrected chi connectivity index (χ0v) is 12.8. The molecule has 2 aromatic carbocycles. The van der Waals surface area contributed by atoms with Gasteiger partial charge in [-0.1, -0.05) is 48.9 Å². The summed E-state index contributed by atoms with van der Waals surface area (Å²) < 4.78 is 0. The minimum atomic E-state index is -0.0915. The molecule has 2 rings (SSSR count). The van der Waals surface area contributed by atoms with Crippen LogP contribution in [0.3, 0.4) is 0 Å². The van der Waals surface area contributed by atoms with Crippen LogP contribution in [0.25, 0.3) is 0 Å². The highest BCUT2D eigenvalue weighted by atomic mass is 35.5. The van der Waals surface area contributed by atoms with Gasteiger partial charge >= 0.3 is 0 Å². The van der Waals surface area contributed by atoms with E-state index in [0.717, 1.165) is 12.0 Å². The number of hydrogen-bond acceptors (Lipinski definition) is 2. The Hall–Kier alpha value is -1.93. The fraction of sp³-hybridized carbons (Fsp3) is 0.222. The lowest BCUT2D eigenvalue weighted by molar-refractivity contribution is 0.0921. The van der Waals surface area contributed by atoms with Gasteiger partial charge in [0.15, 0.2) is 5.78 Å². The number of benzene rings is 2. The highest BCUT2D eigenvalue weighted by Crippen LogP contribution is 2.16. The van der Waals surface area contributed by atoms with E-state index in [4.69, 9.17) is 11.6 Å². The lowest BCUT2D eigenvalue weighted by atomic mass is 9.95. The maximum absolute atomic E-state index is 12.4. The minimum absolute atomic E-state index is 0.0915. The van der Waals surface area contributed by atoms with E-state index < -0.39 is 0 Å². The Morgan fingerprint density at radius 1 is 1.14 bits per heavy atom. The van der Waals surface area contributed by atoms with E-state index in [2.05, 4.69) is 4.99 Å². The third-order valence-corrected chi connectivity index (χ3v) is 3.61. The third kappa shape index (κ3) is 4.54.